The van der Waals surface area contributed by atoms with Crippen molar-refractivity contribution in [3.63, 3.8) is 0 Å². The second-order valence-electron chi connectivity index (χ2n) is 10.8. The van der Waals surface area contributed by atoms with Crippen LogP contribution in [0.1, 0.15) is 33.6 Å². The molecule has 3 aromatic rings. The highest BCUT2D eigenvalue weighted by Crippen LogP contribution is 2.29. The van der Waals surface area contributed by atoms with E-state index in [9.17, 15) is 9.59 Å². The van der Waals surface area contributed by atoms with E-state index in [1.807, 2.05) is 42.2 Å². The Bertz CT molecular complexity index is 1390. The SMILES string of the molecule is COCCOc1cc2cc(c1)C(=O)NCCNC(=O)N[C@H]1CCN(Cc3c(C)cnn3C)C[C@@H]1OCc1cccc(c1)O2. The third-order valence-corrected chi connectivity index (χ3v) is 7.60. The average Bonchev–Trinajstić information content (AvgIpc) is 3.31. The van der Waals surface area contributed by atoms with Crippen molar-refractivity contribution in [3.05, 3.63) is 71.0 Å². The molecule has 0 spiro atoms. The third kappa shape index (κ3) is 8.25. The Balaban J connectivity index is 1.36. The standard InChI is InChI=1S/C31H40N6O6/c1-21-17-34-36(2)28(21)18-37-10-7-27-29(19-37)42-20-22-5-4-6-24(13-22)43-26-15-23(14-25(16-26)41-12-11-40-3)30(38)32-8-9-33-31(39)35-27/h4-6,13-17,27,29H,7-12,18-20H2,1-3H3,(H,32,38)(H2,33,35,39)/t27-,29-/m0/s1. The molecular formula is C31H40N6O6. The number of carbonyl (C=O) groups excluding carboxylic acids is 2. The molecule has 4 bridgehead atoms. The molecule has 43 heavy (non-hydrogen) atoms. The van der Waals surface area contributed by atoms with Gasteiger partial charge in [-0.3, -0.25) is 14.4 Å². The normalized spacial score (nSPS) is 20.0. The molecule has 0 aliphatic carbocycles. The lowest BCUT2D eigenvalue weighted by molar-refractivity contribution is -0.0308. The second-order valence-corrected chi connectivity index (χ2v) is 10.8. The van der Waals surface area contributed by atoms with Gasteiger partial charge in [-0.15, -0.1) is 0 Å². The van der Waals surface area contributed by atoms with Gasteiger partial charge in [0, 0.05) is 58.5 Å². The maximum atomic E-state index is 13.0. The Morgan fingerprint density at radius 3 is 2.74 bits per heavy atom. The molecule has 0 unspecified atom stereocenters. The largest absolute Gasteiger partial charge is 0.491 e. The van der Waals surface area contributed by atoms with E-state index in [0.29, 0.717) is 49.2 Å². The first-order chi connectivity index (χ1) is 20.9. The van der Waals surface area contributed by atoms with Crippen molar-refractivity contribution in [1.29, 1.82) is 0 Å². The van der Waals surface area contributed by atoms with Gasteiger partial charge in [0.1, 0.15) is 23.9 Å². The maximum absolute atomic E-state index is 13.0. The van der Waals surface area contributed by atoms with Gasteiger partial charge in [-0.2, -0.15) is 5.10 Å². The van der Waals surface area contributed by atoms with E-state index in [1.165, 1.54) is 0 Å². The molecule has 3 N–H and O–H groups in total. The van der Waals surface area contributed by atoms with E-state index >= 15 is 0 Å². The number of amides is 3. The minimum absolute atomic E-state index is 0.173. The molecule has 2 aliphatic rings. The van der Waals surface area contributed by atoms with Gasteiger partial charge in [-0.05, 0) is 48.7 Å². The number of fused-ring (bicyclic) bond motifs is 5. The molecule has 5 rings (SSSR count). The zero-order chi connectivity index (χ0) is 30.2. The number of carbonyl (C=O) groups is 2. The smallest absolute Gasteiger partial charge is 0.315 e. The first-order valence-corrected chi connectivity index (χ1v) is 14.6. The fourth-order valence-corrected chi connectivity index (χ4v) is 5.27. The van der Waals surface area contributed by atoms with Crippen molar-refractivity contribution >= 4 is 11.9 Å². The molecule has 2 atom stereocenters. The molecule has 12 nitrogen and oxygen atoms in total. The van der Waals surface area contributed by atoms with Crippen LogP contribution in [0.15, 0.2) is 48.7 Å². The topological polar surface area (TPSA) is 128 Å². The number of likely N-dealkylation sites (tertiary alicyclic amines) is 1. The van der Waals surface area contributed by atoms with Crippen molar-refractivity contribution < 1.29 is 28.5 Å². The van der Waals surface area contributed by atoms with E-state index in [2.05, 4.69) is 32.9 Å². The minimum atomic E-state index is -0.302. The molecule has 1 saturated heterocycles. The number of hydrogen-bond acceptors (Lipinski definition) is 8. The van der Waals surface area contributed by atoms with Gasteiger partial charge in [-0.1, -0.05) is 12.1 Å². The number of aromatic nitrogens is 2. The summed E-state index contributed by atoms with van der Waals surface area (Å²) in [4.78, 5) is 28.2. The summed E-state index contributed by atoms with van der Waals surface area (Å²) in [5, 5.41) is 13.2. The van der Waals surface area contributed by atoms with Crippen LogP contribution < -0.4 is 25.4 Å². The van der Waals surface area contributed by atoms with Gasteiger partial charge in [0.15, 0.2) is 0 Å². The molecule has 0 saturated carbocycles. The Kier molecular flexibility index (Phi) is 10.1. The van der Waals surface area contributed by atoms with Crippen LogP contribution in [0.5, 0.6) is 17.2 Å². The molecule has 1 aromatic heterocycles. The van der Waals surface area contributed by atoms with Gasteiger partial charge in [0.05, 0.1) is 37.3 Å². The predicted molar refractivity (Wildman–Crippen MR) is 159 cm³/mol. The number of rotatable bonds is 6. The van der Waals surface area contributed by atoms with Gasteiger partial charge in [-0.25, -0.2) is 4.79 Å². The van der Waals surface area contributed by atoms with E-state index in [-0.39, 0.29) is 37.2 Å². The molecular weight excluding hydrogens is 552 g/mol. The average molecular weight is 593 g/mol. The fraction of sp³-hybridized carbons (Fsp3) is 0.452. The Morgan fingerprint density at radius 1 is 1.07 bits per heavy atom. The van der Waals surface area contributed by atoms with Gasteiger partial charge >= 0.3 is 6.03 Å². The number of piperidine rings is 1. The highest BCUT2D eigenvalue weighted by atomic mass is 16.5. The number of ether oxygens (including phenoxy) is 4. The number of methoxy groups -OCH3 is 1. The van der Waals surface area contributed by atoms with Crippen LogP contribution in [-0.2, 0) is 29.7 Å². The van der Waals surface area contributed by atoms with Crippen LogP contribution in [0.2, 0.25) is 0 Å². The Hall–Kier alpha value is -4.13. The summed E-state index contributed by atoms with van der Waals surface area (Å²) >= 11 is 0. The van der Waals surface area contributed by atoms with Crippen LogP contribution in [0, 0.1) is 6.92 Å². The van der Waals surface area contributed by atoms with Gasteiger partial charge in [0.2, 0.25) is 0 Å². The van der Waals surface area contributed by atoms with Gasteiger partial charge in [0.25, 0.3) is 5.91 Å². The fourth-order valence-electron chi connectivity index (χ4n) is 5.27. The van der Waals surface area contributed by atoms with Crippen molar-refractivity contribution in [1.82, 2.24) is 30.6 Å². The Labute approximate surface area is 251 Å². The molecule has 0 radical (unpaired) electrons. The zero-order valence-corrected chi connectivity index (χ0v) is 24.9. The third-order valence-electron chi connectivity index (χ3n) is 7.60. The number of urea groups is 1. The van der Waals surface area contributed by atoms with Crippen LogP contribution in [0.3, 0.4) is 0 Å². The molecule has 2 aliphatic heterocycles. The van der Waals surface area contributed by atoms with Crippen LogP contribution in [-0.4, -0.2) is 85.3 Å². The van der Waals surface area contributed by atoms with Crippen molar-refractivity contribution in [2.24, 2.45) is 7.05 Å². The number of hydrogen-bond donors (Lipinski definition) is 3. The second kappa shape index (κ2) is 14.4. The number of nitrogens with one attached hydrogen (secondary N) is 3. The lowest BCUT2D eigenvalue weighted by atomic mass is 10.0. The lowest BCUT2D eigenvalue weighted by Crippen LogP contribution is -2.56. The van der Waals surface area contributed by atoms with E-state index in [0.717, 1.165) is 36.3 Å². The van der Waals surface area contributed by atoms with Crippen molar-refractivity contribution in [2.45, 2.75) is 38.6 Å². The first-order valence-electron chi connectivity index (χ1n) is 14.6. The highest BCUT2D eigenvalue weighted by molar-refractivity contribution is 5.95. The summed E-state index contributed by atoms with van der Waals surface area (Å²) in [6.07, 6.45) is 2.38. The summed E-state index contributed by atoms with van der Waals surface area (Å²) in [6.45, 7) is 5.87. The summed E-state index contributed by atoms with van der Waals surface area (Å²) in [5.41, 5.74) is 3.61. The van der Waals surface area contributed by atoms with Crippen molar-refractivity contribution in [2.75, 3.05) is 46.5 Å². The van der Waals surface area contributed by atoms with Gasteiger partial charge < -0.3 is 34.9 Å². The summed E-state index contributed by atoms with van der Waals surface area (Å²) in [5.74, 6) is 1.25. The monoisotopic (exact) mass is 592 g/mol. The highest BCUT2D eigenvalue weighted by Gasteiger charge is 2.32. The van der Waals surface area contributed by atoms with Crippen LogP contribution >= 0.6 is 0 Å². The number of nitrogens with zero attached hydrogens (tertiary/aromatic N) is 3. The number of aryl methyl sites for hydroxylation is 2. The first kappa shape index (κ1) is 30.3. The molecule has 1 fully saturated rings. The predicted octanol–water partition coefficient (Wildman–Crippen LogP) is 2.75. The van der Waals surface area contributed by atoms with E-state index in [4.69, 9.17) is 18.9 Å². The summed E-state index contributed by atoms with van der Waals surface area (Å²) in [7, 11) is 3.55. The minimum Gasteiger partial charge on any atom is -0.491 e. The van der Waals surface area contributed by atoms with E-state index in [1.54, 1.807) is 25.3 Å². The lowest BCUT2D eigenvalue weighted by Gasteiger charge is -2.38. The number of benzene rings is 2. The molecule has 3 amide bonds. The van der Waals surface area contributed by atoms with Crippen LogP contribution in [0.25, 0.3) is 0 Å². The van der Waals surface area contributed by atoms with E-state index < -0.39 is 0 Å². The van der Waals surface area contributed by atoms with Crippen molar-refractivity contribution in [3.8, 4) is 17.2 Å². The quantitative estimate of drug-likeness (QED) is 0.373. The van der Waals surface area contributed by atoms with Crippen LogP contribution in [0.4, 0.5) is 4.79 Å². The molecule has 12 heteroatoms. The molecule has 3 heterocycles. The molecule has 2 aromatic carbocycles. The summed E-state index contributed by atoms with van der Waals surface area (Å²) in [6, 6.07) is 12.2. The zero-order valence-electron chi connectivity index (χ0n) is 24.9. The molecule has 230 valence electrons. The summed E-state index contributed by atoms with van der Waals surface area (Å²) < 4.78 is 25.4. The Morgan fingerprint density at radius 2 is 1.93 bits per heavy atom. The maximum Gasteiger partial charge on any atom is 0.315 e.